The van der Waals surface area contributed by atoms with Crippen LogP contribution in [0.15, 0.2) is 24.3 Å². The second kappa shape index (κ2) is 6.71. The van der Waals surface area contributed by atoms with Crippen LogP contribution in [0.3, 0.4) is 0 Å². The molecule has 0 aromatic heterocycles. The summed E-state index contributed by atoms with van der Waals surface area (Å²) in [5, 5.41) is 3.34. The maximum atomic E-state index is 12.2. The van der Waals surface area contributed by atoms with Gasteiger partial charge in [-0.3, -0.25) is 4.79 Å². The minimum atomic E-state index is 0.219. The van der Waals surface area contributed by atoms with Gasteiger partial charge < -0.3 is 10.2 Å². The molecule has 1 saturated heterocycles. The minimum absolute atomic E-state index is 0.219. The highest BCUT2D eigenvalue weighted by Crippen LogP contribution is 2.11. The molecule has 1 aromatic rings. The van der Waals surface area contributed by atoms with Gasteiger partial charge in [-0.1, -0.05) is 31.2 Å². The second-order valence-electron chi connectivity index (χ2n) is 5.48. The smallest absolute Gasteiger partial charge is 0.226 e. The Hall–Kier alpha value is -1.35. The Labute approximate surface area is 116 Å². The summed E-state index contributed by atoms with van der Waals surface area (Å²) in [5.41, 5.74) is 2.43. The highest BCUT2D eigenvalue weighted by molar-refractivity contribution is 5.78. The van der Waals surface area contributed by atoms with E-state index in [2.05, 4.69) is 36.5 Å². The molecular weight excluding hydrogens is 236 g/mol. The molecule has 0 aliphatic carbocycles. The quantitative estimate of drug-likeness (QED) is 0.876. The lowest BCUT2D eigenvalue weighted by molar-refractivity contribution is -0.129. The number of hydrogen-bond donors (Lipinski definition) is 1. The van der Waals surface area contributed by atoms with Crippen molar-refractivity contribution in [2.24, 2.45) is 5.92 Å². The molecule has 1 aliphatic rings. The average molecular weight is 260 g/mol. The molecule has 1 aromatic carbocycles. The van der Waals surface area contributed by atoms with Crippen molar-refractivity contribution in [2.75, 3.05) is 26.7 Å². The van der Waals surface area contributed by atoms with Crippen molar-refractivity contribution in [3.05, 3.63) is 35.4 Å². The van der Waals surface area contributed by atoms with E-state index in [1.807, 2.05) is 11.9 Å². The van der Waals surface area contributed by atoms with Gasteiger partial charge in [0.2, 0.25) is 5.91 Å². The van der Waals surface area contributed by atoms with E-state index in [-0.39, 0.29) is 5.91 Å². The fourth-order valence-corrected chi connectivity index (χ4v) is 2.56. The minimum Gasteiger partial charge on any atom is -0.345 e. The van der Waals surface area contributed by atoms with Crippen LogP contribution >= 0.6 is 0 Å². The second-order valence-corrected chi connectivity index (χ2v) is 5.48. The summed E-state index contributed by atoms with van der Waals surface area (Å²) in [6.07, 6.45) is 2.74. The molecular formula is C16H24N2O. The van der Waals surface area contributed by atoms with Crippen LogP contribution in [0.25, 0.3) is 0 Å². The van der Waals surface area contributed by atoms with E-state index in [0.29, 0.717) is 12.3 Å². The van der Waals surface area contributed by atoms with E-state index in [0.717, 1.165) is 31.6 Å². The van der Waals surface area contributed by atoms with Crippen molar-refractivity contribution in [1.29, 1.82) is 0 Å². The maximum absolute atomic E-state index is 12.2. The summed E-state index contributed by atoms with van der Waals surface area (Å²) in [5.74, 6) is 0.840. The van der Waals surface area contributed by atoms with E-state index < -0.39 is 0 Å². The van der Waals surface area contributed by atoms with Gasteiger partial charge in [-0.2, -0.15) is 0 Å². The average Bonchev–Trinajstić information content (AvgIpc) is 2.92. The Morgan fingerprint density at radius 3 is 2.58 bits per heavy atom. The SMILES string of the molecule is CCc1ccc(CC(=O)N(C)CC2CCNC2)cc1. The van der Waals surface area contributed by atoms with E-state index in [9.17, 15) is 4.79 Å². The summed E-state index contributed by atoms with van der Waals surface area (Å²) in [4.78, 5) is 14.0. The molecule has 1 heterocycles. The molecule has 1 atom stereocenters. The van der Waals surface area contributed by atoms with Crippen molar-refractivity contribution in [2.45, 2.75) is 26.2 Å². The molecule has 0 bridgehead atoms. The fraction of sp³-hybridized carbons (Fsp3) is 0.562. The zero-order valence-electron chi connectivity index (χ0n) is 12.0. The lowest BCUT2D eigenvalue weighted by Gasteiger charge is -2.20. The number of amides is 1. The first-order valence-electron chi connectivity index (χ1n) is 7.21. The van der Waals surface area contributed by atoms with E-state index in [1.165, 1.54) is 12.0 Å². The van der Waals surface area contributed by atoms with Crippen LogP contribution in [0.5, 0.6) is 0 Å². The van der Waals surface area contributed by atoms with Gasteiger partial charge in [-0.25, -0.2) is 0 Å². The largest absolute Gasteiger partial charge is 0.345 e. The third-order valence-corrected chi connectivity index (χ3v) is 3.91. The molecule has 19 heavy (non-hydrogen) atoms. The predicted octanol–water partition coefficient (Wildman–Crippen LogP) is 1.86. The van der Waals surface area contributed by atoms with Crippen LogP contribution in [0, 0.1) is 5.92 Å². The molecule has 0 radical (unpaired) electrons. The predicted molar refractivity (Wildman–Crippen MR) is 78.1 cm³/mol. The lowest BCUT2D eigenvalue weighted by Crippen LogP contribution is -2.33. The van der Waals surface area contributed by atoms with E-state index in [1.54, 1.807) is 0 Å². The first kappa shape index (κ1) is 14.1. The Bertz CT molecular complexity index is 407. The molecule has 3 nitrogen and oxygen atoms in total. The summed E-state index contributed by atoms with van der Waals surface area (Å²) < 4.78 is 0. The molecule has 0 spiro atoms. The zero-order chi connectivity index (χ0) is 13.7. The summed E-state index contributed by atoms with van der Waals surface area (Å²) >= 11 is 0. The van der Waals surface area contributed by atoms with Gasteiger partial charge in [0.25, 0.3) is 0 Å². The number of aryl methyl sites for hydroxylation is 1. The molecule has 2 rings (SSSR count). The van der Waals surface area contributed by atoms with Gasteiger partial charge in [-0.15, -0.1) is 0 Å². The summed E-state index contributed by atoms with van der Waals surface area (Å²) in [6.45, 7) is 5.15. The fourth-order valence-electron chi connectivity index (χ4n) is 2.56. The number of benzene rings is 1. The van der Waals surface area contributed by atoms with Gasteiger partial charge in [0, 0.05) is 13.6 Å². The standard InChI is InChI=1S/C16H24N2O/c1-3-13-4-6-14(7-5-13)10-16(19)18(2)12-15-8-9-17-11-15/h4-7,15,17H,3,8-12H2,1-2H3. The Morgan fingerprint density at radius 1 is 1.32 bits per heavy atom. The number of carbonyl (C=O) groups is 1. The third-order valence-electron chi connectivity index (χ3n) is 3.91. The van der Waals surface area contributed by atoms with Crippen LogP contribution in [0.2, 0.25) is 0 Å². The Kier molecular flexibility index (Phi) is 4.97. The van der Waals surface area contributed by atoms with Gasteiger partial charge in [0.1, 0.15) is 0 Å². The zero-order valence-corrected chi connectivity index (χ0v) is 12.0. The van der Waals surface area contributed by atoms with Gasteiger partial charge in [0.15, 0.2) is 0 Å². The highest BCUT2D eigenvalue weighted by Gasteiger charge is 2.19. The van der Waals surface area contributed by atoms with Crippen molar-refractivity contribution < 1.29 is 4.79 Å². The number of nitrogens with zero attached hydrogens (tertiary/aromatic N) is 1. The van der Waals surface area contributed by atoms with E-state index >= 15 is 0 Å². The van der Waals surface area contributed by atoms with Gasteiger partial charge >= 0.3 is 0 Å². The topological polar surface area (TPSA) is 32.3 Å². The third kappa shape index (κ3) is 4.06. The number of carbonyl (C=O) groups excluding carboxylic acids is 1. The Balaban J connectivity index is 1.84. The van der Waals surface area contributed by atoms with Crippen molar-refractivity contribution >= 4 is 5.91 Å². The molecule has 0 saturated carbocycles. The number of nitrogens with one attached hydrogen (secondary N) is 1. The van der Waals surface area contributed by atoms with Gasteiger partial charge in [0.05, 0.1) is 6.42 Å². The number of likely N-dealkylation sites (N-methyl/N-ethyl adjacent to an activating group) is 1. The first-order chi connectivity index (χ1) is 9.19. The number of hydrogen-bond acceptors (Lipinski definition) is 2. The first-order valence-corrected chi connectivity index (χ1v) is 7.21. The monoisotopic (exact) mass is 260 g/mol. The van der Waals surface area contributed by atoms with Crippen molar-refractivity contribution in [3.8, 4) is 0 Å². The molecule has 1 amide bonds. The van der Waals surface area contributed by atoms with Crippen LogP contribution in [-0.4, -0.2) is 37.5 Å². The summed E-state index contributed by atoms with van der Waals surface area (Å²) in [7, 11) is 1.92. The van der Waals surface area contributed by atoms with E-state index in [4.69, 9.17) is 0 Å². The Morgan fingerprint density at radius 2 is 2.00 bits per heavy atom. The molecule has 1 unspecified atom stereocenters. The molecule has 1 N–H and O–H groups in total. The van der Waals surface area contributed by atoms with Crippen molar-refractivity contribution in [1.82, 2.24) is 10.2 Å². The van der Waals surface area contributed by atoms with Crippen LogP contribution in [-0.2, 0) is 17.6 Å². The molecule has 3 heteroatoms. The maximum Gasteiger partial charge on any atom is 0.226 e. The van der Waals surface area contributed by atoms with Crippen LogP contribution < -0.4 is 5.32 Å². The highest BCUT2D eigenvalue weighted by atomic mass is 16.2. The molecule has 104 valence electrons. The van der Waals surface area contributed by atoms with Gasteiger partial charge in [-0.05, 0) is 43.0 Å². The molecule has 1 fully saturated rings. The van der Waals surface area contributed by atoms with Crippen LogP contribution in [0.1, 0.15) is 24.5 Å². The summed E-state index contributed by atoms with van der Waals surface area (Å²) in [6, 6.07) is 8.37. The normalized spacial score (nSPS) is 18.5. The lowest BCUT2D eigenvalue weighted by atomic mass is 10.1. The number of rotatable bonds is 5. The van der Waals surface area contributed by atoms with Crippen molar-refractivity contribution in [3.63, 3.8) is 0 Å². The van der Waals surface area contributed by atoms with Crippen LogP contribution in [0.4, 0.5) is 0 Å². The molecule has 1 aliphatic heterocycles.